The van der Waals surface area contributed by atoms with Crippen molar-refractivity contribution in [3.05, 3.63) is 29.8 Å². The van der Waals surface area contributed by atoms with Gasteiger partial charge in [0.25, 0.3) is 0 Å². The van der Waals surface area contributed by atoms with Crippen molar-refractivity contribution in [1.29, 1.82) is 0 Å². The quantitative estimate of drug-likeness (QED) is 0.292. The van der Waals surface area contributed by atoms with Gasteiger partial charge in [0.05, 0.1) is 12.6 Å². The fraction of sp³-hybridized carbons (Fsp3) is 0.562. The Hall–Kier alpha value is -1.55. The van der Waals surface area contributed by atoms with Crippen LogP contribution in [0, 0.1) is 0 Å². The maximum atomic E-state index is 5.65. The number of nitrogens with zero attached hydrogens (tertiary/aromatic N) is 1. The smallest absolute Gasteiger partial charge is 0.142 e. The average molecular weight is 275 g/mol. The van der Waals surface area contributed by atoms with Crippen molar-refractivity contribution < 1.29 is 4.74 Å². The van der Waals surface area contributed by atoms with Crippen LogP contribution in [0.4, 0.5) is 0 Å². The van der Waals surface area contributed by atoms with E-state index in [1.54, 1.807) is 0 Å². The van der Waals surface area contributed by atoms with Gasteiger partial charge in [0.15, 0.2) is 0 Å². The highest BCUT2D eigenvalue weighted by atomic mass is 16.5. The molecule has 1 saturated carbocycles. The zero-order valence-corrected chi connectivity index (χ0v) is 12.3. The second-order valence-electron chi connectivity index (χ2n) is 5.22. The van der Waals surface area contributed by atoms with E-state index >= 15 is 0 Å². The number of rotatable bonds is 4. The molecular formula is C16H25N3O. The Labute approximate surface area is 121 Å². The number of benzene rings is 1. The van der Waals surface area contributed by atoms with Crippen molar-refractivity contribution in [1.82, 2.24) is 5.43 Å². The second-order valence-corrected chi connectivity index (χ2v) is 5.22. The lowest BCUT2D eigenvalue weighted by atomic mass is 10.1. The largest absolute Gasteiger partial charge is 0.494 e. The van der Waals surface area contributed by atoms with E-state index in [-0.39, 0.29) is 0 Å². The Kier molecular flexibility index (Phi) is 5.87. The number of hydrogen-bond acceptors (Lipinski definition) is 3. The summed E-state index contributed by atoms with van der Waals surface area (Å²) in [6.07, 6.45) is 7.55. The molecule has 0 heterocycles. The van der Waals surface area contributed by atoms with Gasteiger partial charge in [-0.05, 0) is 44.0 Å². The molecule has 0 amide bonds. The highest BCUT2D eigenvalue weighted by Crippen LogP contribution is 2.20. The topological polar surface area (TPSA) is 59.6 Å². The zero-order valence-electron chi connectivity index (χ0n) is 12.3. The first-order valence-corrected chi connectivity index (χ1v) is 7.61. The summed E-state index contributed by atoms with van der Waals surface area (Å²) in [6.45, 7) is 2.66. The van der Waals surface area contributed by atoms with E-state index in [4.69, 9.17) is 15.6 Å². The monoisotopic (exact) mass is 275 g/mol. The van der Waals surface area contributed by atoms with Crippen LogP contribution in [0.3, 0.4) is 0 Å². The first-order chi connectivity index (χ1) is 9.83. The van der Waals surface area contributed by atoms with Gasteiger partial charge in [-0.25, -0.2) is 5.84 Å². The lowest BCUT2D eigenvalue weighted by Crippen LogP contribution is -2.32. The highest BCUT2D eigenvalue weighted by molar-refractivity contribution is 5.98. The number of nitrogens with one attached hydrogen (secondary N) is 1. The van der Waals surface area contributed by atoms with E-state index in [0.29, 0.717) is 12.6 Å². The molecule has 3 N–H and O–H groups in total. The molecule has 0 aromatic heterocycles. The predicted octanol–water partition coefficient (Wildman–Crippen LogP) is 3.02. The molecule has 0 atom stereocenters. The van der Waals surface area contributed by atoms with Crippen LogP contribution in [-0.2, 0) is 0 Å². The molecule has 1 fully saturated rings. The summed E-state index contributed by atoms with van der Waals surface area (Å²) in [4.78, 5) is 4.80. The van der Waals surface area contributed by atoms with Crippen LogP contribution in [0.5, 0.6) is 5.75 Å². The summed E-state index contributed by atoms with van der Waals surface area (Å²) in [5.74, 6) is 7.30. The lowest BCUT2D eigenvalue weighted by molar-refractivity contribution is 0.340. The highest BCUT2D eigenvalue weighted by Gasteiger charge is 2.12. The number of hydrogen-bond donors (Lipinski definition) is 2. The Morgan fingerprint density at radius 1 is 1.20 bits per heavy atom. The molecule has 1 aromatic carbocycles. The third kappa shape index (κ3) is 4.23. The third-order valence-electron chi connectivity index (χ3n) is 3.71. The maximum absolute atomic E-state index is 5.65. The molecule has 0 unspecified atom stereocenters. The van der Waals surface area contributed by atoms with Gasteiger partial charge >= 0.3 is 0 Å². The van der Waals surface area contributed by atoms with Gasteiger partial charge < -0.3 is 10.2 Å². The molecule has 2 rings (SSSR count). The van der Waals surface area contributed by atoms with Crippen LogP contribution >= 0.6 is 0 Å². The van der Waals surface area contributed by atoms with Crippen molar-refractivity contribution in [2.75, 3.05) is 6.61 Å². The van der Waals surface area contributed by atoms with E-state index < -0.39 is 0 Å². The molecule has 1 aliphatic carbocycles. The summed E-state index contributed by atoms with van der Waals surface area (Å²) < 4.78 is 5.45. The Balaban J connectivity index is 2.09. The molecule has 0 saturated heterocycles. The molecule has 110 valence electrons. The number of nitrogens with two attached hydrogens (primary N) is 1. The summed E-state index contributed by atoms with van der Waals surface area (Å²) in [6, 6.07) is 8.31. The van der Waals surface area contributed by atoms with Crippen molar-refractivity contribution >= 4 is 5.84 Å². The molecule has 1 aliphatic rings. The molecule has 4 heteroatoms. The van der Waals surface area contributed by atoms with Crippen molar-refractivity contribution in [3.63, 3.8) is 0 Å². The SMILES string of the molecule is CCOc1ccc(C(=NC2CCCCCC2)NN)cc1. The molecule has 0 spiro atoms. The summed E-state index contributed by atoms with van der Waals surface area (Å²) in [7, 11) is 0. The molecular weight excluding hydrogens is 250 g/mol. The summed E-state index contributed by atoms with van der Waals surface area (Å²) in [5, 5.41) is 0. The fourth-order valence-electron chi connectivity index (χ4n) is 2.64. The van der Waals surface area contributed by atoms with E-state index in [1.165, 1.54) is 38.5 Å². The van der Waals surface area contributed by atoms with Gasteiger partial charge in [-0.15, -0.1) is 0 Å². The maximum Gasteiger partial charge on any atom is 0.142 e. The first kappa shape index (κ1) is 14.9. The minimum atomic E-state index is 0.398. The van der Waals surface area contributed by atoms with E-state index in [1.807, 2.05) is 31.2 Å². The summed E-state index contributed by atoms with van der Waals surface area (Å²) >= 11 is 0. The van der Waals surface area contributed by atoms with E-state index in [0.717, 1.165) is 17.1 Å². The Morgan fingerprint density at radius 2 is 1.85 bits per heavy atom. The van der Waals surface area contributed by atoms with Crippen molar-refractivity contribution in [2.45, 2.75) is 51.5 Å². The fourth-order valence-corrected chi connectivity index (χ4v) is 2.64. The molecule has 0 radical (unpaired) electrons. The standard InChI is InChI=1S/C16H25N3O/c1-2-20-15-11-9-13(10-12-15)16(19-17)18-14-7-5-3-4-6-8-14/h9-12,14H,2-8,17H2,1H3,(H,18,19). The molecule has 1 aromatic rings. The molecule has 20 heavy (non-hydrogen) atoms. The number of ether oxygens (including phenoxy) is 1. The summed E-state index contributed by atoms with van der Waals surface area (Å²) in [5.41, 5.74) is 3.76. The van der Waals surface area contributed by atoms with Gasteiger partial charge in [-0.1, -0.05) is 25.7 Å². The predicted molar refractivity (Wildman–Crippen MR) is 83.0 cm³/mol. The minimum absolute atomic E-state index is 0.398. The second kappa shape index (κ2) is 7.90. The Bertz CT molecular complexity index is 420. The van der Waals surface area contributed by atoms with Crippen molar-refractivity contribution in [2.24, 2.45) is 10.8 Å². The van der Waals surface area contributed by atoms with Crippen LogP contribution in [0.2, 0.25) is 0 Å². The number of hydrazine groups is 1. The molecule has 0 aliphatic heterocycles. The average Bonchev–Trinajstić information content (AvgIpc) is 2.75. The van der Waals surface area contributed by atoms with Crippen LogP contribution in [0.15, 0.2) is 29.3 Å². The van der Waals surface area contributed by atoms with Crippen LogP contribution in [0.25, 0.3) is 0 Å². The first-order valence-electron chi connectivity index (χ1n) is 7.61. The van der Waals surface area contributed by atoms with Crippen LogP contribution in [0.1, 0.15) is 51.0 Å². The van der Waals surface area contributed by atoms with Gasteiger partial charge in [0.2, 0.25) is 0 Å². The van der Waals surface area contributed by atoms with Crippen LogP contribution < -0.4 is 16.0 Å². The van der Waals surface area contributed by atoms with Gasteiger partial charge in [-0.2, -0.15) is 0 Å². The minimum Gasteiger partial charge on any atom is -0.494 e. The zero-order chi connectivity index (χ0) is 14.2. The van der Waals surface area contributed by atoms with E-state index in [9.17, 15) is 0 Å². The van der Waals surface area contributed by atoms with Gasteiger partial charge in [0, 0.05) is 5.56 Å². The van der Waals surface area contributed by atoms with Gasteiger partial charge in [0.1, 0.15) is 11.6 Å². The van der Waals surface area contributed by atoms with Gasteiger partial charge in [-0.3, -0.25) is 4.99 Å². The number of aliphatic imine (C=N–C) groups is 1. The van der Waals surface area contributed by atoms with E-state index in [2.05, 4.69) is 5.43 Å². The van der Waals surface area contributed by atoms with Crippen LogP contribution in [-0.4, -0.2) is 18.5 Å². The lowest BCUT2D eigenvalue weighted by Gasteiger charge is -2.13. The Morgan fingerprint density at radius 3 is 2.40 bits per heavy atom. The third-order valence-corrected chi connectivity index (χ3v) is 3.71. The number of amidine groups is 1. The molecule has 0 bridgehead atoms. The normalized spacial score (nSPS) is 17.6. The molecule has 4 nitrogen and oxygen atoms in total. The van der Waals surface area contributed by atoms with Crippen molar-refractivity contribution in [3.8, 4) is 5.75 Å².